The van der Waals surface area contributed by atoms with Gasteiger partial charge in [-0.3, -0.25) is 14.6 Å². The predicted octanol–water partition coefficient (Wildman–Crippen LogP) is 5.28. The molecule has 0 radical (unpaired) electrons. The SMILES string of the molecule is CCc1nc(C)ccc1-c1cc(C(=O)N2CCN(c3ncc(F)cc3OC)CC2)cc2cc(C3=CCCN(C(=O)C(=O)OC)C3)n(CC3CC3)c12. The number of methoxy groups -OCH3 is 2. The summed E-state index contributed by atoms with van der Waals surface area (Å²) in [6.07, 6.45) is 6.97. The van der Waals surface area contributed by atoms with E-state index in [4.69, 9.17) is 14.5 Å². The maximum Gasteiger partial charge on any atom is 0.396 e. The molecule has 1 aliphatic carbocycles. The maximum absolute atomic E-state index is 14.3. The molecule has 4 aromatic rings. The summed E-state index contributed by atoms with van der Waals surface area (Å²) in [4.78, 5) is 53.9. The number of aromatic nitrogens is 3. The van der Waals surface area contributed by atoms with Crippen LogP contribution in [-0.4, -0.2) is 95.6 Å². The molecule has 1 saturated heterocycles. The normalized spacial score (nSPS) is 16.3. The molecule has 0 spiro atoms. The zero-order chi connectivity index (χ0) is 35.8. The minimum absolute atomic E-state index is 0.0711. The number of pyridine rings is 2. The van der Waals surface area contributed by atoms with Crippen LogP contribution in [0.5, 0.6) is 5.75 Å². The Kier molecular flexibility index (Phi) is 9.50. The van der Waals surface area contributed by atoms with Crippen LogP contribution in [0.1, 0.15) is 53.6 Å². The second kappa shape index (κ2) is 14.2. The number of carbonyl (C=O) groups excluding carboxylic acids is 3. The topological polar surface area (TPSA) is 110 Å². The average Bonchev–Trinajstić information content (AvgIpc) is 3.91. The number of ether oxygens (including phenoxy) is 2. The summed E-state index contributed by atoms with van der Waals surface area (Å²) in [6, 6.07) is 11.6. The van der Waals surface area contributed by atoms with Crippen molar-refractivity contribution in [3.63, 3.8) is 0 Å². The number of aryl methyl sites for hydroxylation is 2. The van der Waals surface area contributed by atoms with Crippen LogP contribution in [0.3, 0.4) is 0 Å². The van der Waals surface area contributed by atoms with E-state index in [9.17, 15) is 18.8 Å². The van der Waals surface area contributed by atoms with Gasteiger partial charge < -0.3 is 28.7 Å². The number of fused-ring (bicyclic) bond motifs is 1. The first-order valence-corrected chi connectivity index (χ1v) is 17.6. The molecule has 2 fully saturated rings. The second-order valence-corrected chi connectivity index (χ2v) is 13.5. The Labute approximate surface area is 296 Å². The van der Waals surface area contributed by atoms with Gasteiger partial charge in [-0.25, -0.2) is 14.2 Å². The van der Waals surface area contributed by atoms with Gasteiger partial charge in [0.1, 0.15) is 5.82 Å². The number of halogens is 1. The fourth-order valence-electron chi connectivity index (χ4n) is 7.31. The number of hydrogen-bond donors (Lipinski definition) is 0. The lowest BCUT2D eigenvalue weighted by molar-refractivity contribution is -0.157. The number of anilines is 1. The smallest absolute Gasteiger partial charge is 0.396 e. The van der Waals surface area contributed by atoms with E-state index in [1.165, 1.54) is 26.5 Å². The van der Waals surface area contributed by atoms with E-state index in [1.54, 1.807) is 4.90 Å². The summed E-state index contributed by atoms with van der Waals surface area (Å²) in [7, 11) is 2.71. The highest BCUT2D eigenvalue weighted by Gasteiger charge is 2.31. The van der Waals surface area contributed by atoms with Crippen LogP contribution in [0.25, 0.3) is 27.6 Å². The molecular formula is C39H43FN6O5. The zero-order valence-electron chi connectivity index (χ0n) is 29.6. The highest BCUT2D eigenvalue weighted by atomic mass is 19.1. The molecule has 2 aliphatic heterocycles. The van der Waals surface area contributed by atoms with Crippen LogP contribution in [0, 0.1) is 18.7 Å². The van der Waals surface area contributed by atoms with Crippen LogP contribution < -0.4 is 9.64 Å². The minimum atomic E-state index is -0.868. The van der Waals surface area contributed by atoms with Gasteiger partial charge in [0.05, 0.1) is 25.9 Å². The largest absolute Gasteiger partial charge is 0.493 e. The Bertz CT molecular complexity index is 2050. The van der Waals surface area contributed by atoms with Crippen LogP contribution in [0.15, 0.2) is 48.7 Å². The van der Waals surface area contributed by atoms with Gasteiger partial charge in [0.15, 0.2) is 11.6 Å². The first kappa shape index (κ1) is 34.2. The Morgan fingerprint density at radius 2 is 1.75 bits per heavy atom. The fraction of sp³-hybridized carbons (Fsp3) is 0.410. The number of nitrogens with zero attached hydrogens (tertiary/aromatic N) is 6. The third kappa shape index (κ3) is 6.79. The molecule has 0 N–H and O–H groups in total. The molecule has 1 saturated carbocycles. The van der Waals surface area contributed by atoms with Crippen molar-refractivity contribution < 1.29 is 28.2 Å². The van der Waals surface area contributed by atoms with Crippen LogP contribution in [0.4, 0.5) is 10.2 Å². The van der Waals surface area contributed by atoms with Crippen molar-refractivity contribution in [2.75, 3.05) is 58.4 Å². The quantitative estimate of drug-likeness (QED) is 0.181. The molecule has 12 heteroatoms. The molecule has 0 bridgehead atoms. The number of esters is 1. The molecule has 11 nitrogen and oxygen atoms in total. The lowest BCUT2D eigenvalue weighted by atomic mass is 9.96. The van der Waals surface area contributed by atoms with Crippen LogP contribution in [0.2, 0.25) is 0 Å². The number of amides is 2. The molecule has 2 amide bonds. The standard InChI is InChI=1S/C39H43FN6O5/c1-5-32-30(11-8-24(2)42-32)31-18-28(37(47)44-15-13-43(14-16-44)36-34(50-3)20-29(40)21-41-36)17-27-19-33(46(35(27)31)22-25-9-10-25)26-7-6-12-45(23-26)38(48)39(49)51-4/h7-8,11,17-21,25H,5-6,9-10,12-16,22-23H2,1-4H3. The third-order valence-electron chi connectivity index (χ3n) is 10.1. The number of rotatable bonds is 8. The van der Waals surface area contributed by atoms with Gasteiger partial charge in [-0.15, -0.1) is 0 Å². The van der Waals surface area contributed by atoms with Gasteiger partial charge in [-0.1, -0.05) is 19.1 Å². The predicted molar refractivity (Wildman–Crippen MR) is 192 cm³/mol. The van der Waals surface area contributed by atoms with E-state index in [1.807, 2.05) is 34.9 Å². The summed E-state index contributed by atoms with van der Waals surface area (Å²) in [5.41, 5.74) is 7.40. The minimum Gasteiger partial charge on any atom is -0.493 e. The molecule has 7 rings (SSSR count). The lowest BCUT2D eigenvalue weighted by Crippen LogP contribution is -2.49. The van der Waals surface area contributed by atoms with Crippen molar-refractivity contribution in [2.24, 2.45) is 5.92 Å². The van der Waals surface area contributed by atoms with Gasteiger partial charge >= 0.3 is 11.9 Å². The summed E-state index contributed by atoms with van der Waals surface area (Å²) in [6.45, 7) is 7.60. The second-order valence-electron chi connectivity index (χ2n) is 13.5. The molecule has 0 unspecified atom stereocenters. The summed E-state index contributed by atoms with van der Waals surface area (Å²) >= 11 is 0. The van der Waals surface area contributed by atoms with Crippen molar-refractivity contribution in [3.05, 3.63) is 77.1 Å². The van der Waals surface area contributed by atoms with Gasteiger partial charge in [0.2, 0.25) is 0 Å². The first-order valence-electron chi connectivity index (χ1n) is 17.6. The van der Waals surface area contributed by atoms with Gasteiger partial charge in [0, 0.05) is 91.0 Å². The lowest BCUT2D eigenvalue weighted by Gasteiger charge is -2.36. The molecule has 1 aromatic carbocycles. The Morgan fingerprint density at radius 3 is 2.45 bits per heavy atom. The maximum atomic E-state index is 14.3. The van der Waals surface area contributed by atoms with E-state index in [2.05, 4.69) is 34.7 Å². The Hall–Kier alpha value is -5.26. The highest BCUT2D eigenvalue weighted by Crippen LogP contribution is 2.40. The number of piperazine rings is 1. The Balaban J connectivity index is 1.29. The summed E-state index contributed by atoms with van der Waals surface area (Å²) in [5, 5.41) is 0.935. The first-order chi connectivity index (χ1) is 24.7. The number of carbonyl (C=O) groups is 3. The van der Waals surface area contributed by atoms with Crippen LogP contribution >= 0.6 is 0 Å². The summed E-state index contributed by atoms with van der Waals surface area (Å²) in [5.74, 6) is -0.591. The molecule has 3 aliphatic rings. The van der Waals surface area contributed by atoms with Gasteiger partial charge in [-0.05, 0) is 68.4 Å². The molecular weight excluding hydrogens is 651 g/mol. The highest BCUT2D eigenvalue weighted by molar-refractivity contribution is 6.32. The van der Waals surface area contributed by atoms with Crippen molar-refractivity contribution in [2.45, 2.75) is 46.1 Å². The molecule has 0 atom stereocenters. The number of hydrogen-bond acceptors (Lipinski definition) is 8. The van der Waals surface area contributed by atoms with E-state index < -0.39 is 17.7 Å². The molecule has 51 heavy (non-hydrogen) atoms. The molecule has 5 heterocycles. The van der Waals surface area contributed by atoms with E-state index in [0.717, 1.165) is 70.5 Å². The molecule has 3 aromatic heterocycles. The monoisotopic (exact) mass is 694 g/mol. The Morgan fingerprint density at radius 1 is 0.961 bits per heavy atom. The number of benzene rings is 1. The molecule has 266 valence electrons. The zero-order valence-corrected chi connectivity index (χ0v) is 29.6. The van der Waals surface area contributed by atoms with Gasteiger partial charge in [-0.2, -0.15) is 0 Å². The van der Waals surface area contributed by atoms with E-state index >= 15 is 0 Å². The average molecular weight is 695 g/mol. The van der Waals surface area contributed by atoms with Crippen molar-refractivity contribution >= 4 is 40.1 Å². The van der Waals surface area contributed by atoms with E-state index in [0.29, 0.717) is 68.7 Å². The van der Waals surface area contributed by atoms with Crippen molar-refractivity contribution in [1.82, 2.24) is 24.3 Å². The van der Waals surface area contributed by atoms with Crippen LogP contribution in [-0.2, 0) is 27.3 Å². The summed E-state index contributed by atoms with van der Waals surface area (Å²) < 4.78 is 26.3. The van der Waals surface area contributed by atoms with Crippen molar-refractivity contribution in [3.8, 4) is 16.9 Å². The van der Waals surface area contributed by atoms with Crippen molar-refractivity contribution in [1.29, 1.82) is 0 Å². The third-order valence-corrected chi connectivity index (χ3v) is 10.1. The fourth-order valence-corrected chi connectivity index (χ4v) is 7.31. The van der Waals surface area contributed by atoms with E-state index in [-0.39, 0.29) is 5.91 Å². The van der Waals surface area contributed by atoms with Gasteiger partial charge in [0.25, 0.3) is 5.91 Å².